The molecule has 0 radical (unpaired) electrons. The lowest BCUT2D eigenvalue weighted by molar-refractivity contribution is -0.799. The summed E-state index contributed by atoms with van der Waals surface area (Å²) < 4.78 is 0. The Morgan fingerprint density at radius 3 is 1.06 bits per heavy atom. The van der Waals surface area contributed by atoms with Crippen molar-refractivity contribution in [3.63, 3.8) is 0 Å². The van der Waals surface area contributed by atoms with Crippen molar-refractivity contribution in [1.29, 1.82) is 0 Å². The molecule has 4 rings (SSSR count). The van der Waals surface area contributed by atoms with Crippen LogP contribution in [0.15, 0.2) is 10.2 Å². The van der Waals surface area contributed by atoms with Crippen LogP contribution >= 0.6 is 0 Å². The minimum absolute atomic E-state index is 0.197. The Balaban J connectivity index is 1.35. The Bertz CT molecular complexity index is 1060. The summed E-state index contributed by atoms with van der Waals surface area (Å²) in [6.07, 6.45) is 0. The Labute approximate surface area is 183 Å². The molecule has 2 aromatic rings. The van der Waals surface area contributed by atoms with Crippen molar-refractivity contribution in [1.82, 2.24) is 40.8 Å². The highest BCUT2D eigenvalue weighted by atomic mass is 16.7. The Hall–Kier alpha value is -5.32. The first-order valence-corrected chi connectivity index (χ1v) is 8.72. The summed E-state index contributed by atoms with van der Waals surface area (Å²) in [4.78, 5) is 41.9. The van der Waals surface area contributed by atoms with Crippen molar-refractivity contribution in [3.8, 4) is 0 Å². The van der Waals surface area contributed by atoms with Crippen LogP contribution in [0.4, 0.5) is 23.8 Å². The van der Waals surface area contributed by atoms with E-state index in [2.05, 4.69) is 51.0 Å². The molecule has 176 valence electrons. The molecule has 24 heteroatoms. The SMILES string of the molecule is O=[N+]([O-])C1([N+](=O)[O-])CN(c2nnc(N=Nc3nnc(N4CC([N+](=O)[O-])([N+](=O)[O-])C4)nn3)nn2)C1. The number of nitrogens with zero attached hydrogens (tertiary/aromatic N) is 16. The number of anilines is 2. The van der Waals surface area contributed by atoms with Crippen LogP contribution in [0.5, 0.6) is 0 Å². The number of hydrogen-bond acceptors (Lipinski definition) is 20. The summed E-state index contributed by atoms with van der Waals surface area (Å²) >= 11 is 0. The number of hydrogen-bond donors (Lipinski definition) is 0. The molecule has 0 unspecified atom stereocenters. The van der Waals surface area contributed by atoms with E-state index in [0.717, 1.165) is 9.80 Å². The average Bonchev–Trinajstić information content (AvgIpc) is 2.71. The molecule has 2 aliphatic rings. The standard InChI is InChI=1S/C10H8N16O8/c27-23(28)9(24(29)30)1-21(2-9)7-17-13-5(14-18-7)11-12-6-15-19-8(20-16-6)22-3-10(4-22,25(31)32)26(33)34/h1-4H2. The molecular formula is C10H8N16O8. The summed E-state index contributed by atoms with van der Waals surface area (Å²) in [5.74, 6) is -1.15. The third-order valence-electron chi connectivity index (χ3n) is 4.85. The fraction of sp³-hybridized carbons (Fsp3) is 0.600. The lowest BCUT2D eigenvalue weighted by Gasteiger charge is -2.35. The fourth-order valence-corrected chi connectivity index (χ4v) is 2.87. The van der Waals surface area contributed by atoms with Crippen molar-refractivity contribution in [3.05, 3.63) is 40.5 Å². The predicted octanol–water partition coefficient (Wildman–Crippen LogP) is -2.60. The van der Waals surface area contributed by atoms with Gasteiger partial charge in [0.25, 0.3) is 11.9 Å². The molecular weight excluding hydrogens is 472 g/mol. The second kappa shape index (κ2) is 7.67. The summed E-state index contributed by atoms with van der Waals surface area (Å²) in [7, 11) is 0. The van der Waals surface area contributed by atoms with E-state index in [1.165, 1.54) is 0 Å². The molecule has 34 heavy (non-hydrogen) atoms. The first-order chi connectivity index (χ1) is 16.1. The van der Waals surface area contributed by atoms with Gasteiger partial charge in [0.15, 0.2) is 26.2 Å². The molecule has 0 bridgehead atoms. The molecule has 2 saturated heterocycles. The Morgan fingerprint density at radius 1 is 0.559 bits per heavy atom. The molecule has 0 N–H and O–H groups in total. The highest BCUT2D eigenvalue weighted by Gasteiger charge is 2.68. The lowest BCUT2D eigenvalue weighted by Crippen LogP contribution is -2.70. The molecule has 2 aromatic heterocycles. The summed E-state index contributed by atoms with van der Waals surface area (Å²) in [6.45, 7) is -2.29. The van der Waals surface area contributed by atoms with Crippen molar-refractivity contribution in [2.45, 2.75) is 11.3 Å². The van der Waals surface area contributed by atoms with Crippen molar-refractivity contribution >= 4 is 23.8 Å². The molecule has 0 saturated carbocycles. The van der Waals surface area contributed by atoms with E-state index in [4.69, 9.17) is 0 Å². The first-order valence-electron chi connectivity index (χ1n) is 8.72. The van der Waals surface area contributed by atoms with Gasteiger partial charge in [0, 0.05) is 0 Å². The van der Waals surface area contributed by atoms with Crippen molar-refractivity contribution in [2.24, 2.45) is 10.2 Å². The quantitative estimate of drug-likeness (QED) is 0.162. The normalized spacial score (nSPS) is 18.1. The second-order valence-electron chi connectivity index (χ2n) is 6.91. The second-order valence-corrected chi connectivity index (χ2v) is 6.91. The number of rotatable bonds is 8. The maximum Gasteiger partial charge on any atom is 0.492 e. The molecule has 0 amide bonds. The number of azo groups is 1. The van der Waals surface area contributed by atoms with Gasteiger partial charge in [0.1, 0.15) is 19.7 Å². The van der Waals surface area contributed by atoms with Crippen LogP contribution in [0.2, 0.25) is 0 Å². The maximum atomic E-state index is 10.9. The molecule has 0 aromatic carbocycles. The van der Waals surface area contributed by atoms with Gasteiger partial charge < -0.3 is 9.80 Å². The molecule has 0 spiro atoms. The third-order valence-corrected chi connectivity index (χ3v) is 4.85. The third kappa shape index (κ3) is 3.42. The van der Waals surface area contributed by atoms with Crippen LogP contribution < -0.4 is 9.80 Å². The zero-order valence-corrected chi connectivity index (χ0v) is 16.2. The molecule has 2 fully saturated rings. The number of aromatic nitrogens is 8. The molecule has 2 aliphatic heterocycles. The van der Waals surface area contributed by atoms with Crippen molar-refractivity contribution < 1.29 is 19.7 Å². The molecule has 0 atom stereocenters. The minimum atomic E-state index is -2.35. The van der Waals surface area contributed by atoms with E-state index in [0.29, 0.717) is 0 Å². The fourth-order valence-electron chi connectivity index (χ4n) is 2.87. The smallest absolute Gasteiger partial charge is 0.309 e. The van der Waals surface area contributed by atoms with Gasteiger partial charge in [-0.25, -0.2) is 0 Å². The van der Waals surface area contributed by atoms with E-state index in [-0.39, 0.29) is 23.8 Å². The van der Waals surface area contributed by atoms with E-state index < -0.39 is 57.2 Å². The summed E-state index contributed by atoms with van der Waals surface area (Å²) in [6, 6.07) is 0. The monoisotopic (exact) mass is 480 g/mol. The van der Waals surface area contributed by atoms with Gasteiger partial charge in [0.05, 0.1) is 0 Å². The maximum absolute atomic E-state index is 10.9. The number of nitro groups is 4. The van der Waals surface area contributed by atoms with Gasteiger partial charge in [-0.2, -0.15) is 0 Å². The average molecular weight is 480 g/mol. The topological polar surface area (TPSA) is 307 Å². The minimum Gasteiger partial charge on any atom is -0.309 e. The van der Waals surface area contributed by atoms with E-state index >= 15 is 0 Å². The van der Waals surface area contributed by atoms with Crippen LogP contribution in [0.3, 0.4) is 0 Å². The molecule has 24 nitrogen and oxygen atoms in total. The van der Waals surface area contributed by atoms with Gasteiger partial charge in [-0.3, -0.25) is 40.5 Å². The van der Waals surface area contributed by atoms with Crippen LogP contribution in [-0.4, -0.2) is 98.0 Å². The summed E-state index contributed by atoms with van der Waals surface area (Å²) in [5, 5.41) is 79.4. The van der Waals surface area contributed by atoms with E-state index in [1.807, 2.05) is 0 Å². The van der Waals surface area contributed by atoms with Gasteiger partial charge in [0.2, 0.25) is 0 Å². The zero-order chi connectivity index (χ0) is 24.7. The van der Waals surface area contributed by atoms with Crippen LogP contribution in [0.25, 0.3) is 0 Å². The molecule has 4 heterocycles. The highest BCUT2D eigenvalue weighted by Crippen LogP contribution is 2.29. The van der Waals surface area contributed by atoms with E-state index in [1.54, 1.807) is 0 Å². The van der Waals surface area contributed by atoms with Gasteiger partial charge in [-0.15, -0.1) is 51.0 Å². The largest absolute Gasteiger partial charge is 0.492 e. The van der Waals surface area contributed by atoms with Gasteiger partial charge in [-0.1, -0.05) is 0 Å². The van der Waals surface area contributed by atoms with Gasteiger partial charge in [-0.05, 0) is 0 Å². The van der Waals surface area contributed by atoms with Crippen LogP contribution in [-0.2, 0) is 0 Å². The Morgan fingerprint density at radius 2 is 0.824 bits per heavy atom. The van der Waals surface area contributed by atoms with Gasteiger partial charge >= 0.3 is 23.2 Å². The predicted molar refractivity (Wildman–Crippen MR) is 97.3 cm³/mol. The molecule has 0 aliphatic carbocycles. The first kappa shape index (κ1) is 21.9. The summed E-state index contributed by atoms with van der Waals surface area (Å²) in [5.41, 5.74) is -4.70. The van der Waals surface area contributed by atoms with Crippen molar-refractivity contribution in [2.75, 3.05) is 36.0 Å². The van der Waals surface area contributed by atoms with E-state index in [9.17, 15) is 40.5 Å². The Kier molecular flexibility index (Phi) is 4.94. The van der Waals surface area contributed by atoms with Crippen LogP contribution in [0, 0.1) is 40.5 Å². The van der Waals surface area contributed by atoms with Crippen LogP contribution in [0.1, 0.15) is 0 Å². The zero-order valence-electron chi connectivity index (χ0n) is 16.2. The lowest BCUT2D eigenvalue weighted by atomic mass is 10.0. The highest BCUT2D eigenvalue weighted by molar-refractivity contribution is 5.35.